The zero-order chi connectivity index (χ0) is 8.81. The molecule has 0 aromatic carbocycles. The largest absolute Gasteiger partial charge is 0.396 e. The molecule has 2 N–H and O–H groups in total. The number of hydrogen-bond donors (Lipinski definition) is 2. The quantitative estimate of drug-likeness (QED) is 0.632. The van der Waals surface area contributed by atoms with Crippen molar-refractivity contribution in [2.45, 2.75) is 19.3 Å². The van der Waals surface area contributed by atoms with Crippen LogP contribution in [-0.4, -0.2) is 48.0 Å². The summed E-state index contributed by atoms with van der Waals surface area (Å²) in [5, 5.41) is 17.6. The van der Waals surface area contributed by atoms with Crippen molar-refractivity contribution in [3.05, 3.63) is 0 Å². The molecule has 0 amide bonds. The normalized spacial score (nSPS) is 26.0. The van der Waals surface area contributed by atoms with Crippen molar-refractivity contribution >= 4 is 0 Å². The Balaban J connectivity index is 2.16. The minimum absolute atomic E-state index is 0.278. The molecule has 1 aliphatic heterocycles. The zero-order valence-electron chi connectivity index (χ0n) is 7.58. The Morgan fingerprint density at radius 1 is 1.33 bits per heavy atom. The second kappa shape index (κ2) is 5.51. The molecule has 3 nitrogen and oxygen atoms in total. The van der Waals surface area contributed by atoms with Gasteiger partial charge in [0.2, 0.25) is 0 Å². The van der Waals surface area contributed by atoms with Crippen molar-refractivity contribution in [2.24, 2.45) is 5.92 Å². The maximum atomic E-state index is 8.96. The SMILES string of the molecule is OCCCN1CCCC(CO)C1. The number of nitrogens with zero attached hydrogens (tertiary/aromatic N) is 1. The van der Waals surface area contributed by atoms with Crippen LogP contribution < -0.4 is 0 Å². The number of likely N-dealkylation sites (tertiary alicyclic amines) is 1. The summed E-state index contributed by atoms with van der Waals surface area (Å²) < 4.78 is 0. The Morgan fingerprint density at radius 2 is 2.17 bits per heavy atom. The van der Waals surface area contributed by atoms with E-state index in [-0.39, 0.29) is 6.61 Å². The molecule has 1 atom stereocenters. The molecule has 1 rings (SSSR count). The lowest BCUT2D eigenvalue weighted by Gasteiger charge is -2.31. The second-order valence-electron chi connectivity index (χ2n) is 3.57. The minimum Gasteiger partial charge on any atom is -0.396 e. The molecule has 0 saturated carbocycles. The van der Waals surface area contributed by atoms with Crippen molar-refractivity contribution in [1.82, 2.24) is 4.90 Å². The standard InChI is InChI=1S/C9H19NO2/c11-6-2-5-10-4-1-3-9(7-10)8-12/h9,11-12H,1-8H2. The zero-order valence-corrected chi connectivity index (χ0v) is 7.58. The summed E-state index contributed by atoms with van der Waals surface area (Å²) in [5.41, 5.74) is 0. The van der Waals surface area contributed by atoms with Crippen LogP contribution in [0.25, 0.3) is 0 Å². The van der Waals surface area contributed by atoms with Gasteiger partial charge in [0.1, 0.15) is 0 Å². The van der Waals surface area contributed by atoms with E-state index in [2.05, 4.69) is 4.90 Å². The van der Waals surface area contributed by atoms with E-state index in [0.717, 1.165) is 32.5 Å². The van der Waals surface area contributed by atoms with Crippen LogP contribution in [0.3, 0.4) is 0 Å². The van der Waals surface area contributed by atoms with E-state index in [1.807, 2.05) is 0 Å². The average molecular weight is 173 g/mol. The summed E-state index contributed by atoms with van der Waals surface area (Å²) in [4.78, 5) is 2.33. The molecular weight excluding hydrogens is 154 g/mol. The van der Waals surface area contributed by atoms with Gasteiger partial charge in [0.05, 0.1) is 0 Å². The van der Waals surface area contributed by atoms with Gasteiger partial charge >= 0.3 is 0 Å². The van der Waals surface area contributed by atoms with Crippen molar-refractivity contribution in [2.75, 3.05) is 32.8 Å². The van der Waals surface area contributed by atoms with Gasteiger partial charge in [0, 0.05) is 26.3 Å². The fourth-order valence-corrected chi connectivity index (χ4v) is 1.80. The molecular formula is C9H19NO2. The van der Waals surface area contributed by atoms with Crippen LogP contribution in [0, 0.1) is 5.92 Å². The van der Waals surface area contributed by atoms with Crippen LogP contribution in [0.15, 0.2) is 0 Å². The molecule has 0 aromatic heterocycles. The van der Waals surface area contributed by atoms with Gasteiger partial charge in [-0.3, -0.25) is 0 Å². The van der Waals surface area contributed by atoms with Crippen molar-refractivity contribution < 1.29 is 10.2 Å². The molecule has 0 aliphatic carbocycles. The summed E-state index contributed by atoms with van der Waals surface area (Å²) >= 11 is 0. The van der Waals surface area contributed by atoms with Crippen LogP contribution >= 0.6 is 0 Å². The van der Waals surface area contributed by atoms with Crippen LogP contribution in [0.5, 0.6) is 0 Å². The van der Waals surface area contributed by atoms with Gasteiger partial charge in [-0.2, -0.15) is 0 Å². The van der Waals surface area contributed by atoms with Gasteiger partial charge < -0.3 is 15.1 Å². The first-order valence-electron chi connectivity index (χ1n) is 4.81. The first-order chi connectivity index (χ1) is 5.86. The van der Waals surface area contributed by atoms with Gasteiger partial charge in [-0.25, -0.2) is 0 Å². The highest BCUT2D eigenvalue weighted by Gasteiger charge is 2.17. The van der Waals surface area contributed by atoms with Crippen LogP contribution in [0.1, 0.15) is 19.3 Å². The third-order valence-electron chi connectivity index (χ3n) is 2.49. The Kier molecular flexibility index (Phi) is 4.58. The summed E-state index contributed by atoms with van der Waals surface area (Å²) in [7, 11) is 0. The first-order valence-corrected chi connectivity index (χ1v) is 4.81. The van der Waals surface area contributed by atoms with E-state index in [0.29, 0.717) is 12.5 Å². The number of rotatable bonds is 4. The third kappa shape index (κ3) is 3.09. The third-order valence-corrected chi connectivity index (χ3v) is 2.49. The lowest BCUT2D eigenvalue weighted by atomic mass is 9.99. The minimum atomic E-state index is 0.278. The molecule has 72 valence electrons. The smallest absolute Gasteiger partial charge is 0.0471 e. The van der Waals surface area contributed by atoms with Crippen LogP contribution in [0.2, 0.25) is 0 Å². The molecule has 0 aromatic rings. The highest BCUT2D eigenvalue weighted by Crippen LogP contribution is 2.15. The Morgan fingerprint density at radius 3 is 2.83 bits per heavy atom. The summed E-state index contributed by atoms with van der Waals surface area (Å²) in [5.74, 6) is 0.470. The fraction of sp³-hybridized carbons (Fsp3) is 1.00. The highest BCUT2D eigenvalue weighted by atomic mass is 16.3. The number of aliphatic hydroxyl groups is 2. The number of hydrogen-bond acceptors (Lipinski definition) is 3. The second-order valence-corrected chi connectivity index (χ2v) is 3.57. The number of aliphatic hydroxyl groups excluding tert-OH is 2. The van der Waals surface area contributed by atoms with E-state index in [4.69, 9.17) is 10.2 Å². The van der Waals surface area contributed by atoms with E-state index in [9.17, 15) is 0 Å². The molecule has 3 heteroatoms. The summed E-state index contributed by atoms with van der Waals surface area (Å²) in [6.45, 7) is 3.72. The maximum absolute atomic E-state index is 8.96. The van der Waals surface area contributed by atoms with Gasteiger partial charge in [-0.15, -0.1) is 0 Å². The molecule has 1 heterocycles. The molecule has 0 radical (unpaired) electrons. The van der Waals surface area contributed by atoms with Crippen molar-refractivity contribution in [3.8, 4) is 0 Å². The summed E-state index contributed by atoms with van der Waals surface area (Å²) in [6, 6.07) is 0. The Bertz CT molecular complexity index is 119. The molecule has 12 heavy (non-hydrogen) atoms. The Labute approximate surface area is 74.0 Å². The molecule has 1 saturated heterocycles. The fourth-order valence-electron chi connectivity index (χ4n) is 1.80. The summed E-state index contributed by atoms with van der Waals surface area (Å²) in [6.07, 6.45) is 3.21. The molecule has 1 aliphatic rings. The Hall–Kier alpha value is -0.120. The predicted molar refractivity (Wildman–Crippen MR) is 48.0 cm³/mol. The van der Waals surface area contributed by atoms with Crippen LogP contribution in [-0.2, 0) is 0 Å². The molecule has 1 fully saturated rings. The lowest BCUT2D eigenvalue weighted by molar-refractivity contribution is 0.114. The predicted octanol–water partition coefficient (Wildman–Crippen LogP) is 0.0731. The van der Waals surface area contributed by atoms with Crippen molar-refractivity contribution in [1.29, 1.82) is 0 Å². The van der Waals surface area contributed by atoms with E-state index < -0.39 is 0 Å². The monoisotopic (exact) mass is 173 g/mol. The van der Waals surface area contributed by atoms with Crippen LogP contribution in [0.4, 0.5) is 0 Å². The number of piperidine rings is 1. The van der Waals surface area contributed by atoms with E-state index in [1.54, 1.807) is 0 Å². The molecule has 0 spiro atoms. The van der Waals surface area contributed by atoms with Crippen molar-refractivity contribution in [3.63, 3.8) is 0 Å². The van der Waals surface area contributed by atoms with Gasteiger partial charge in [-0.05, 0) is 31.7 Å². The lowest BCUT2D eigenvalue weighted by Crippen LogP contribution is -2.37. The van der Waals surface area contributed by atoms with Gasteiger partial charge in [0.15, 0.2) is 0 Å². The molecule has 1 unspecified atom stereocenters. The van der Waals surface area contributed by atoms with Gasteiger partial charge in [0.25, 0.3) is 0 Å². The van der Waals surface area contributed by atoms with E-state index >= 15 is 0 Å². The maximum Gasteiger partial charge on any atom is 0.0471 e. The topological polar surface area (TPSA) is 43.7 Å². The first kappa shape index (κ1) is 9.96. The van der Waals surface area contributed by atoms with E-state index in [1.165, 1.54) is 6.42 Å². The highest BCUT2D eigenvalue weighted by molar-refractivity contribution is 4.71. The molecule has 0 bridgehead atoms. The average Bonchev–Trinajstić information content (AvgIpc) is 2.15. The van der Waals surface area contributed by atoms with Gasteiger partial charge in [-0.1, -0.05) is 0 Å².